The molecule has 0 aromatic rings. The average Bonchev–Trinajstić information content (AvgIpc) is 2.86. The fraction of sp³-hybridized carbons (Fsp3) is 1.00. The zero-order chi connectivity index (χ0) is 15.1. The normalized spacial score (nSPS) is 35.3. The van der Waals surface area contributed by atoms with Gasteiger partial charge >= 0.3 is 0 Å². The van der Waals surface area contributed by atoms with Crippen molar-refractivity contribution in [2.45, 2.75) is 38.9 Å². The van der Waals surface area contributed by atoms with Crippen LogP contribution in [0.4, 0.5) is 0 Å². The highest BCUT2D eigenvalue weighted by Gasteiger charge is 2.44. The first-order valence-electron chi connectivity index (χ1n) is 7.94. The molecule has 3 heterocycles. The van der Waals surface area contributed by atoms with Crippen molar-refractivity contribution in [1.29, 1.82) is 0 Å². The van der Waals surface area contributed by atoms with Gasteiger partial charge in [0, 0.05) is 39.0 Å². The summed E-state index contributed by atoms with van der Waals surface area (Å²) in [6.07, 6.45) is 2.37. The molecule has 1 spiro atoms. The monoisotopic (exact) mass is 318 g/mol. The van der Waals surface area contributed by atoms with Crippen molar-refractivity contribution in [3.05, 3.63) is 0 Å². The van der Waals surface area contributed by atoms with E-state index in [1.165, 1.54) is 0 Å². The van der Waals surface area contributed by atoms with Crippen molar-refractivity contribution >= 4 is 10.2 Å². The fourth-order valence-corrected chi connectivity index (χ4v) is 5.66. The molecule has 6 nitrogen and oxygen atoms in total. The Morgan fingerprint density at radius 3 is 2.00 bits per heavy atom. The predicted molar refractivity (Wildman–Crippen MR) is 78.9 cm³/mol. The van der Waals surface area contributed by atoms with Crippen LogP contribution in [-0.2, 0) is 19.7 Å². The molecule has 0 radical (unpaired) electrons. The van der Waals surface area contributed by atoms with Crippen LogP contribution in [0.3, 0.4) is 0 Å². The minimum absolute atomic E-state index is 0.432. The zero-order valence-electron chi connectivity index (χ0n) is 13.0. The molecule has 0 unspecified atom stereocenters. The van der Waals surface area contributed by atoms with Gasteiger partial charge in [0.2, 0.25) is 0 Å². The van der Waals surface area contributed by atoms with Crippen LogP contribution in [0.5, 0.6) is 0 Å². The molecule has 122 valence electrons. The Bertz CT molecular complexity index is 455. The predicted octanol–water partition coefficient (Wildman–Crippen LogP) is 1.05. The van der Waals surface area contributed by atoms with Crippen LogP contribution in [0, 0.1) is 11.8 Å². The molecular weight excluding hydrogens is 292 g/mol. The topological polar surface area (TPSA) is 59.1 Å². The maximum atomic E-state index is 12.8. The molecule has 2 atom stereocenters. The van der Waals surface area contributed by atoms with E-state index in [2.05, 4.69) is 13.8 Å². The van der Waals surface area contributed by atoms with E-state index in [4.69, 9.17) is 9.47 Å². The van der Waals surface area contributed by atoms with Crippen molar-refractivity contribution in [2.24, 2.45) is 11.8 Å². The van der Waals surface area contributed by atoms with E-state index >= 15 is 0 Å². The van der Waals surface area contributed by atoms with Crippen LogP contribution >= 0.6 is 0 Å². The second kappa shape index (κ2) is 5.77. The van der Waals surface area contributed by atoms with Crippen molar-refractivity contribution in [2.75, 3.05) is 39.4 Å². The first-order chi connectivity index (χ1) is 9.91. The number of ether oxygens (including phenoxy) is 2. The van der Waals surface area contributed by atoms with Gasteiger partial charge in [-0.3, -0.25) is 0 Å². The SMILES string of the molecule is C[C@H]1C[C@H](C)CN(S(=O)(=O)N2CCC3(CC2)OCCO3)C1. The zero-order valence-corrected chi connectivity index (χ0v) is 13.8. The number of hydrogen-bond donors (Lipinski definition) is 0. The molecule has 0 N–H and O–H groups in total. The summed E-state index contributed by atoms with van der Waals surface area (Å²) in [5.74, 6) is 0.344. The quantitative estimate of drug-likeness (QED) is 0.763. The Labute approximate surface area is 127 Å². The summed E-state index contributed by atoms with van der Waals surface area (Å²) >= 11 is 0. The van der Waals surface area contributed by atoms with Gasteiger partial charge in [0.15, 0.2) is 5.79 Å². The Kier molecular flexibility index (Phi) is 4.31. The van der Waals surface area contributed by atoms with Gasteiger partial charge in [-0.15, -0.1) is 0 Å². The van der Waals surface area contributed by atoms with Gasteiger partial charge in [0.25, 0.3) is 10.2 Å². The van der Waals surface area contributed by atoms with E-state index in [0.717, 1.165) is 6.42 Å². The van der Waals surface area contributed by atoms with Gasteiger partial charge in [-0.25, -0.2) is 0 Å². The highest BCUT2D eigenvalue weighted by atomic mass is 32.2. The Hall–Kier alpha value is -0.210. The molecule has 7 heteroatoms. The Morgan fingerprint density at radius 2 is 1.48 bits per heavy atom. The number of piperidine rings is 2. The lowest BCUT2D eigenvalue weighted by Gasteiger charge is -2.41. The third kappa shape index (κ3) is 3.12. The molecule has 3 fully saturated rings. The number of rotatable bonds is 2. The maximum absolute atomic E-state index is 12.8. The second-order valence-electron chi connectivity index (χ2n) is 6.78. The largest absolute Gasteiger partial charge is 0.347 e. The summed E-state index contributed by atoms with van der Waals surface area (Å²) in [7, 11) is -3.34. The van der Waals surface area contributed by atoms with Gasteiger partial charge in [-0.05, 0) is 18.3 Å². The molecule has 3 aliphatic rings. The van der Waals surface area contributed by atoms with Crippen LogP contribution in [0.25, 0.3) is 0 Å². The highest BCUT2D eigenvalue weighted by molar-refractivity contribution is 7.86. The molecule has 3 saturated heterocycles. The summed E-state index contributed by atoms with van der Waals surface area (Å²) in [6.45, 7) is 7.75. The summed E-state index contributed by atoms with van der Waals surface area (Å²) in [6, 6.07) is 0. The second-order valence-corrected chi connectivity index (χ2v) is 8.71. The minimum atomic E-state index is -3.34. The maximum Gasteiger partial charge on any atom is 0.281 e. The molecule has 3 aliphatic heterocycles. The summed E-state index contributed by atoms with van der Waals surface area (Å²) in [4.78, 5) is 0. The average molecular weight is 318 g/mol. The molecule has 0 aliphatic carbocycles. The molecule has 0 amide bonds. The molecular formula is C14H26N2O4S. The van der Waals surface area contributed by atoms with Crippen molar-refractivity contribution in [1.82, 2.24) is 8.61 Å². The lowest BCUT2D eigenvalue weighted by Crippen LogP contribution is -2.54. The molecule has 3 rings (SSSR count). The first kappa shape index (κ1) is 15.7. The summed E-state index contributed by atoms with van der Waals surface area (Å²) < 4.78 is 40.2. The third-order valence-corrected chi connectivity index (χ3v) is 6.75. The summed E-state index contributed by atoms with van der Waals surface area (Å²) in [5, 5.41) is 0. The van der Waals surface area contributed by atoms with Crippen LogP contribution < -0.4 is 0 Å². The minimum Gasteiger partial charge on any atom is -0.347 e. The molecule has 0 aromatic carbocycles. The van der Waals surface area contributed by atoms with E-state index in [9.17, 15) is 8.42 Å². The smallest absolute Gasteiger partial charge is 0.281 e. The van der Waals surface area contributed by atoms with Gasteiger partial charge in [0.1, 0.15) is 0 Å². The fourth-order valence-electron chi connectivity index (χ4n) is 3.80. The lowest BCUT2D eigenvalue weighted by atomic mass is 9.94. The molecule has 0 bridgehead atoms. The summed E-state index contributed by atoms with van der Waals surface area (Å²) in [5.41, 5.74) is 0. The highest BCUT2D eigenvalue weighted by Crippen LogP contribution is 2.33. The third-order valence-electron chi connectivity index (χ3n) is 4.79. The first-order valence-corrected chi connectivity index (χ1v) is 9.34. The van der Waals surface area contributed by atoms with Crippen molar-refractivity contribution < 1.29 is 17.9 Å². The molecule has 0 saturated carbocycles. The van der Waals surface area contributed by atoms with Crippen LogP contribution in [0.15, 0.2) is 0 Å². The van der Waals surface area contributed by atoms with E-state index in [1.807, 2.05) is 0 Å². The number of hydrogen-bond acceptors (Lipinski definition) is 4. The van der Waals surface area contributed by atoms with Crippen LogP contribution in [0.1, 0.15) is 33.1 Å². The van der Waals surface area contributed by atoms with Gasteiger partial charge in [0.05, 0.1) is 13.2 Å². The lowest BCUT2D eigenvalue weighted by molar-refractivity contribution is -0.179. The molecule has 21 heavy (non-hydrogen) atoms. The van der Waals surface area contributed by atoms with Crippen LogP contribution in [0.2, 0.25) is 0 Å². The van der Waals surface area contributed by atoms with Gasteiger partial charge < -0.3 is 9.47 Å². The molecule has 0 aromatic heterocycles. The van der Waals surface area contributed by atoms with E-state index in [1.54, 1.807) is 8.61 Å². The Morgan fingerprint density at radius 1 is 0.952 bits per heavy atom. The van der Waals surface area contributed by atoms with Crippen LogP contribution in [-0.4, -0.2) is 62.2 Å². The van der Waals surface area contributed by atoms with Crippen molar-refractivity contribution in [3.63, 3.8) is 0 Å². The van der Waals surface area contributed by atoms with Gasteiger partial charge in [-0.2, -0.15) is 17.0 Å². The standard InChI is InChI=1S/C14H26N2O4S/c1-12-9-13(2)11-16(10-12)21(17,18)15-5-3-14(4-6-15)19-7-8-20-14/h12-13H,3-11H2,1-2H3/t12-,13-/m0/s1. The van der Waals surface area contributed by atoms with Crippen molar-refractivity contribution in [3.8, 4) is 0 Å². The van der Waals surface area contributed by atoms with E-state index in [0.29, 0.717) is 64.1 Å². The van der Waals surface area contributed by atoms with E-state index in [-0.39, 0.29) is 0 Å². The van der Waals surface area contributed by atoms with Gasteiger partial charge in [-0.1, -0.05) is 13.8 Å². The Balaban J connectivity index is 1.65. The number of nitrogens with zero attached hydrogens (tertiary/aromatic N) is 2. The van der Waals surface area contributed by atoms with E-state index < -0.39 is 16.0 Å².